The Morgan fingerprint density at radius 2 is 1.62 bits per heavy atom. The third kappa shape index (κ3) is 4.93. The van der Waals surface area contributed by atoms with Crippen molar-refractivity contribution in [2.75, 3.05) is 20.8 Å². The molecule has 0 spiro atoms. The molecule has 6 rings (SSSR count). The average molecular weight is 533 g/mol. The molecule has 1 heterocycles. The number of ether oxygens (including phenoxy) is 3. The lowest BCUT2D eigenvalue weighted by atomic mass is 9.77. The van der Waals surface area contributed by atoms with E-state index in [9.17, 15) is 4.79 Å². The van der Waals surface area contributed by atoms with Gasteiger partial charge in [0.1, 0.15) is 17.2 Å². The van der Waals surface area contributed by atoms with Crippen molar-refractivity contribution < 1.29 is 19.0 Å². The molecule has 40 heavy (non-hydrogen) atoms. The van der Waals surface area contributed by atoms with Crippen LogP contribution in [0.1, 0.15) is 36.4 Å². The molecule has 2 atom stereocenters. The average Bonchev–Trinajstić information content (AvgIpc) is 3.40. The predicted octanol–water partition coefficient (Wildman–Crippen LogP) is 7.06. The fourth-order valence-electron chi connectivity index (χ4n) is 5.87. The number of nitrogens with zero attached hydrogens (tertiary/aromatic N) is 2. The van der Waals surface area contributed by atoms with Crippen LogP contribution in [0.3, 0.4) is 0 Å². The molecule has 4 aromatic carbocycles. The number of hydrogen-bond acceptors (Lipinski definition) is 5. The third-order valence-corrected chi connectivity index (χ3v) is 7.77. The Morgan fingerprint density at radius 3 is 2.45 bits per heavy atom. The molecule has 0 saturated heterocycles. The summed E-state index contributed by atoms with van der Waals surface area (Å²) in [5, 5.41) is 8.81. The van der Waals surface area contributed by atoms with Crippen molar-refractivity contribution in [3.63, 3.8) is 0 Å². The zero-order valence-corrected chi connectivity index (χ0v) is 22.7. The van der Waals surface area contributed by atoms with Gasteiger partial charge in [0.15, 0.2) is 6.61 Å². The number of carbonyl (C=O) groups is 1. The number of methoxy groups -OCH3 is 2. The first-order valence-electron chi connectivity index (χ1n) is 13.7. The first kappa shape index (κ1) is 25.7. The summed E-state index contributed by atoms with van der Waals surface area (Å²) in [6.07, 6.45) is 4.98. The van der Waals surface area contributed by atoms with Crippen molar-refractivity contribution in [1.29, 1.82) is 0 Å². The number of benzene rings is 4. The summed E-state index contributed by atoms with van der Waals surface area (Å²) < 4.78 is 17.3. The number of rotatable bonds is 7. The van der Waals surface area contributed by atoms with E-state index in [1.807, 2.05) is 84.9 Å². The van der Waals surface area contributed by atoms with Gasteiger partial charge in [0.25, 0.3) is 5.91 Å². The Labute approximate surface area is 234 Å². The molecule has 4 aromatic rings. The zero-order valence-electron chi connectivity index (χ0n) is 22.7. The van der Waals surface area contributed by atoms with Gasteiger partial charge in [-0.1, -0.05) is 66.7 Å². The predicted molar refractivity (Wildman–Crippen MR) is 158 cm³/mol. The topological polar surface area (TPSA) is 60.4 Å². The van der Waals surface area contributed by atoms with E-state index in [0.717, 1.165) is 63.9 Å². The second kappa shape index (κ2) is 11.3. The van der Waals surface area contributed by atoms with Crippen LogP contribution in [0, 0.1) is 5.92 Å². The van der Waals surface area contributed by atoms with E-state index in [4.69, 9.17) is 19.3 Å². The van der Waals surface area contributed by atoms with Gasteiger partial charge < -0.3 is 14.2 Å². The van der Waals surface area contributed by atoms with E-state index in [1.54, 1.807) is 19.2 Å². The van der Waals surface area contributed by atoms with Gasteiger partial charge in [0.2, 0.25) is 0 Å². The lowest BCUT2D eigenvalue weighted by Gasteiger charge is -2.30. The summed E-state index contributed by atoms with van der Waals surface area (Å²) in [7, 11) is 3.35. The maximum absolute atomic E-state index is 13.8. The number of amides is 1. The summed E-state index contributed by atoms with van der Waals surface area (Å²) in [4.78, 5) is 13.8. The van der Waals surface area contributed by atoms with Crippen LogP contribution in [-0.4, -0.2) is 37.5 Å². The molecule has 6 heteroatoms. The van der Waals surface area contributed by atoms with Crippen molar-refractivity contribution in [2.24, 2.45) is 11.0 Å². The molecule has 1 saturated carbocycles. The summed E-state index contributed by atoms with van der Waals surface area (Å²) >= 11 is 0. The molecule has 202 valence electrons. The standard InChI is InChI=1S/C34H32N2O4/c1-38-30-16-7-5-12-25(30)20-26-13-9-15-29-33(26)35-36(34(29)28-14-6-8-17-31(28)39-2)32(37)22-40-27-19-18-23-10-3-4-11-24(23)21-27/h3-8,10-12,14,16-21,29,34H,9,13,15,22H2,1-2H3/b26-20-. The van der Waals surface area contributed by atoms with Gasteiger partial charge in [0.05, 0.1) is 26.0 Å². The van der Waals surface area contributed by atoms with E-state index in [2.05, 4.69) is 12.1 Å². The molecule has 6 nitrogen and oxygen atoms in total. The molecule has 2 unspecified atom stereocenters. The summed E-state index contributed by atoms with van der Waals surface area (Å²) in [5.41, 5.74) is 4.03. The maximum atomic E-state index is 13.8. The fourth-order valence-corrected chi connectivity index (χ4v) is 5.87. The van der Waals surface area contributed by atoms with Crippen LogP contribution in [0.4, 0.5) is 0 Å². The van der Waals surface area contributed by atoms with Crippen LogP contribution in [-0.2, 0) is 4.79 Å². The highest BCUT2D eigenvalue weighted by atomic mass is 16.5. The highest BCUT2D eigenvalue weighted by molar-refractivity contribution is 6.08. The Bertz CT molecular complexity index is 1610. The molecule has 0 N–H and O–H groups in total. The van der Waals surface area contributed by atoms with Gasteiger partial charge in [-0.2, -0.15) is 5.10 Å². The summed E-state index contributed by atoms with van der Waals surface area (Å²) in [5.74, 6) is 2.08. The summed E-state index contributed by atoms with van der Waals surface area (Å²) in [6.45, 7) is -0.112. The number of allylic oxidation sites excluding steroid dienone is 1. The van der Waals surface area contributed by atoms with E-state index >= 15 is 0 Å². The minimum Gasteiger partial charge on any atom is -0.496 e. The van der Waals surface area contributed by atoms with Crippen molar-refractivity contribution in [1.82, 2.24) is 5.01 Å². The quantitative estimate of drug-likeness (QED) is 0.256. The molecule has 1 amide bonds. The Kier molecular flexibility index (Phi) is 7.23. The number of hydrogen-bond donors (Lipinski definition) is 0. The number of hydrazone groups is 1. The third-order valence-electron chi connectivity index (χ3n) is 7.77. The second-order valence-electron chi connectivity index (χ2n) is 10.1. The normalized spacial score (nSPS) is 19.3. The van der Waals surface area contributed by atoms with E-state index in [0.29, 0.717) is 5.75 Å². The van der Waals surface area contributed by atoms with Gasteiger partial charge in [-0.3, -0.25) is 4.79 Å². The van der Waals surface area contributed by atoms with E-state index in [1.165, 1.54) is 0 Å². The minimum absolute atomic E-state index is 0.0515. The number of carbonyl (C=O) groups excluding carboxylic acids is 1. The van der Waals surface area contributed by atoms with Gasteiger partial charge in [0, 0.05) is 17.0 Å². The largest absolute Gasteiger partial charge is 0.496 e. The van der Waals surface area contributed by atoms with Crippen LogP contribution >= 0.6 is 0 Å². The van der Waals surface area contributed by atoms with Gasteiger partial charge >= 0.3 is 0 Å². The fraction of sp³-hybridized carbons (Fsp3) is 0.235. The molecule has 1 fully saturated rings. The highest BCUT2D eigenvalue weighted by Gasteiger charge is 2.44. The number of para-hydroxylation sites is 2. The lowest BCUT2D eigenvalue weighted by molar-refractivity contribution is -0.135. The van der Waals surface area contributed by atoms with Gasteiger partial charge in [-0.15, -0.1) is 0 Å². The van der Waals surface area contributed by atoms with Crippen molar-refractivity contribution in [2.45, 2.75) is 25.3 Å². The van der Waals surface area contributed by atoms with Crippen LogP contribution in [0.2, 0.25) is 0 Å². The Morgan fingerprint density at radius 1 is 0.900 bits per heavy atom. The van der Waals surface area contributed by atoms with Crippen LogP contribution in [0.25, 0.3) is 16.8 Å². The molecule has 2 aliphatic rings. The van der Waals surface area contributed by atoms with Crippen molar-refractivity contribution in [3.8, 4) is 17.2 Å². The molecule has 1 aliphatic carbocycles. The van der Waals surface area contributed by atoms with Gasteiger partial charge in [-0.25, -0.2) is 5.01 Å². The van der Waals surface area contributed by atoms with Crippen molar-refractivity contribution >= 4 is 28.5 Å². The molecule has 0 bridgehead atoms. The molecule has 0 radical (unpaired) electrons. The highest BCUT2D eigenvalue weighted by Crippen LogP contribution is 2.46. The number of fused-ring (bicyclic) bond motifs is 2. The van der Waals surface area contributed by atoms with Gasteiger partial charge in [-0.05, 0) is 65.9 Å². The van der Waals surface area contributed by atoms with E-state index in [-0.39, 0.29) is 24.5 Å². The lowest BCUT2D eigenvalue weighted by Crippen LogP contribution is -2.34. The molecular weight excluding hydrogens is 500 g/mol. The molecule has 0 aromatic heterocycles. The van der Waals surface area contributed by atoms with Crippen LogP contribution in [0.5, 0.6) is 17.2 Å². The smallest absolute Gasteiger partial charge is 0.281 e. The first-order chi connectivity index (χ1) is 19.7. The SMILES string of the molecule is COc1ccccc1/C=C1/CCCC2C1=NN(C(=O)COc1ccc3ccccc3c1)C2c1ccccc1OC. The van der Waals surface area contributed by atoms with E-state index < -0.39 is 0 Å². The Balaban J connectivity index is 1.34. The summed E-state index contributed by atoms with van der Waals surface area (Å²) in [6, 6.07) is 29.6. The first-order valence-corrected chi connectivity index (χ1v) is 13.7. The monoisotopic (exact) mass is 532 g/mol. The maximum Gasteiger partial charge on any atom is 0.281 e. The zero-order chi connectivity index (χ0) is 27.5. The van der Waals surface area contributed by atoms with Crippen LogP contribution in [0.15, 0.2) is 102 Å². The van der Waals surface area contributed by atoms with Crippen LogP contribution < -0.4 is 14.2 Å². The molecular formula is C34H32N2O4. The Hall–Kier alpha value is -4.58. The second-order valence-corrected chi connectivity index (χ2v) is 10.1. The van der Waals surface area contributed by atoms with Crippen molar-refractivity contribution in [3.05, 3.63) is 108 Å². The molecule has 1 aliphatic heterocycles. The minimum atomic E-state index is -0.278.